The Morgan fingerprint density at radius 3 is 2.35 bits per heavy atom. The van der Waals surface area contributed by atoms with Crippen molar-refractivity contribution in [1.29, 1.82) is 0 Å². The second kappa shape index (κ2) is 6.83. The molecule has 0 saturated carbocycles. The minimum Gasteiger partial charge on any atom is -0.490 e. The molecule has 0 fully saturated rings. The van der Waals surface area contributed by atoms with Gasteiger partial charge in [0.05, 0.1) is 0 Å². The van der Waals surface area contributed by atoms with Gasteiger partial charge in [0.25, 0.3) is 0 Å². The fourth-order valence-electron chi connectivity index (χ4n) is 1.32. The summed E-state index contributed by atoms with van der Waals surface area (Å²) in [5.74, 6) is 0.470. The van der Waals surface area contributed by atoms with E-state index in [0.29, 0.717) is 17.9 Å². The molecule has 0 bridgehead atoms. The Morgan fingerprint density at radius 2 is 1.88 bits per heavy atom. The van der Waals surface area contributed by atoms with E-state index in [9.17, 15) is 4.79 Å². The molecule has 0 aromatic heterocycles. The number of ether oxygens (including phenoxy) is 3. The van der Waals surface area contributed by atoms with Crippen molar-refractivity contribution in [1.82, 2.24) is 0 Å². The third-order valence-corrected chi connectivity index (χ3v) is 2.15. The van der Waals surface area contributed by atoms with E-state index in [1.54, 1.807) is 30.3 Å². The molecule has 0 unspecified atom stereocenters. The minimum atomic E-state index is -0.866. The second-order valence-corrected chi connectivity index (χ2v) is 3.29. The third kappa shape index (κ3) is 3.69. The van der Waals surface area contributed by atoms with E-state index in [1.807, 2.05) is 0 Å². The van der Waals surface area contributed by atoms with Gasteiger partial charge in [0.2, 0.25) is 12.1 Å². The standard InChI is InChI=1S/C13H16O4/c1-4-9-17-11-7-5-10(6-8-11)12(14)13(15-2)16-3/h4-8,13H,1,9H2,2-3H3. The van der Waals surface area contributed by atoms with Gasteiger partial charge in [-0.15, -0.1) is 0 Å². The van der Waals surface area contributed by atoms with Gasteiger partial charge in [0.1, 0.15) is 12.4 Å². The molecule has 17 heavy (non-hydrogen) atoms. The molecule has 1 aromatic rings. The molecule has 0 radical (unpaired) electrons. The van der Waals surface area contributed by atoms with E-state index >= 15 is 0 Å². The van der Waals surface area contributed by atoms with Crippen LogP contribution in [0.1, 0.15) is 10.4 Å². The molecule has 0 atom stereocenters. The van der Waals surface area contributed by atoms with E-state index < -0.39 is 6.29 Å². The number of Topliss-reactive ketones (excluding diaryl/α,β-unsaturated/α-hetero) is 1. The maximum atomic E-state index is 11.8. The topological polar surface area (TPSA) is 44.8 Å². The molecule has 0 aliphatic heterocycles. The maximum absolute atomic E-state index is 11.8. The van der Waals surface area contributed by atoms with Crippen molar-refractivity contribution >= 4 is 5.78 Å². The summed E-state index contributed by atoms with van der Waals surface area (Å²) in [4.78, 5) is 11.8. The van der Waals surface area contributed by atoms with Crippen LogP contribution in [0, 0.1) is 0 Å². The molecule has 0 amide bonds. The Bertz CT molecular complexity index is 366. The molecule has 0 heterocycles. The lowest BCUT2D eigenvalue weighted by molar-refractivity contribution is -0.0742. The zero-order valence-corrected chi connectivity index (χ0v) is 10.0. The first-order valence-corrected chi connectivity index (χ1v) is 5.16. The van der Waals surface area contributed by atoms with Gasteiger partial charge in [-0.25, -0.2) is 0 Å². The first-order valence-electron chi connectivity index (χ1n) is 5.16. The van der Waals surface area contributed by atoms with E-state index in [4.69, 9.17) is 14.2 Å². The molecule has 0 spiro atoms. The molecule has 0 aliphatic rings. The number of hydrogen-bond acceptors (Lipinski definition) is 4. The van der Waals surface area contributed by atoms with E-state index in [-0.39, 0.29) is 5.78 Å². The van der Waals surface area contributed by atoms with Gasteiger partial charge >= 0.3 is 0 Å². The van der Waals surface area contributed by atoms with Crippen molar-refractivity contribution in [2.75, 3.05) is 20.8 Å². The van der Waals surface area contributed by atoms with Crippen LogP contribution in [0.3, 0.4) is 0 Å². The van der Waals surface area contributed by atoms with Crippen molar-refractivity contribution in [3.63, 3.8) is 0 Å². The smallest absolute Gasteiger partial charge is 0.222 e. The van der Waals surface area contributed by atoms with Crippen molar-refractivity contribution < 1.29 is 19.0 Å². The average molecular weight is 236 g/mol. The number of carbonyl (C=O) groups excluding carboxylic acids is 1. The van der Waals surface area contributed by atoms with E-state index in [2.05, 4.69) is 6.58 Å². The van der Waals surface area contributed by atoms with Crippen LogP contribution in [0.5, 0.6) is 5.75 Å². The van der Waals surface area contributed by atoms with Crippen molar-refractivity contribution in [3.8, 4) is 5.75 Å². The zero-order chi connectivity index (χ0) is 12.7. The van der Waals surface area contributed by atoms with Crippen LogP contribution in [0.25, 0.3) is 0 Å². The van der Waals surface area contributed by atoms with Gasteiger partial charge in [0, 0.05) is 19.8 Å². The summed E-state index contributed by atoms with van der Waals surface area (Å²) in [5, 5.41) is 0. The Morgan fingerprint density at radius 1 is 1.29 bits per heavy atom. The summed E-state index contributed by atoms with van der Waals surface area (Å²) < 4.78 is 15.1. The van der Waals surface area contributed by atoms with Crippen molar-refractivity contribution in [3.05, 3.63) is 42.5 Å². The highest BCUT2D eigenvalue weighted by Gasteiger charge is 2.18. The summed E-state index contributed by atoms with van der Waals surface area (Å²) in [6.07, 6.45) is 0.792. The summed E-state index contributed by atoms with van der Waals surface area (Å²) in [6.45, 7) is 3.99. The van der Waals surface area contributed by atoms with Crippen molar-refractivity contribution in [2.45, 2.75) is 6.29 Å². The van der Waals surface area contributed by atoms with Gasteiger partial charge in [-0.1, -0.05) is 12.7 Å². The van der Waals surface area contributed by atoms with Crippen LogP contribution < -0.4 is 4.74 Å². The van der Waals surface area contributed by atoms with E-state index in [1.165, 1.54) is 14.2 Å². The van der Waals surface area contributed by atoms with Gasteiger partial charge < -0.3 is 14.2 Å². The largest absolute Gasteiger partial charge is 0.490 e. The van der Waals surface area contributed by atoms with Gasteiger partial charge in [-0.2, -0.15) is 0 Å². The monoisotopic (exact) mass is 236 g/mol. The summed E-state index contributed by atoms with van der Waals surface area (Å²) in [5.41, 5.74) is 0.518. The highest BCUT2D eigenvalue weighted by molar-refractivity contribution is 5.98. The van der Waals surface area contributed by atoms with Gasteiger partial charge in [0.15, 0.2) is 0 Å². The van der Waals surface area contributed by atoms with Crippen LogP contribution in [0.2, 0.25) is 0 Å². The van der Waals surface area contributed by atoms with Crippen molar-refractivity contribution in [2.24, 2.45) is 0 Å². The predicted molar refractivity (Wildman–Crippen MR) is 64.3 cm³/mol. The Kier molecular flexibility index (Phi) is 5.39. The molecule has 0 aliphatic carbocycles. The number of rotatable bonds is 7. The van der Waals surface area contributed by atoms with Crippen LogP contribution in [0.4, 0.5) is 0 Å². The summed E-state index contributed by atoms with van der Waals surface area (Å²) in [7, 11) is 2.85. The molecule has 1 rings (SSSR count). The predicted octanol–water partition coefficient (Wildman–Crippen LogP) is 2.05. The molecule has 4 nitrogen and oxygen atoms in total. The minimum absolute atomic E-state index is 0.217. The Hall–Kier alpha value is -1.65. The summed E-state index contributed by atoms with van der Waals surface area (Å²) in [6, 6.07) is 6.79. The molecular weight excluding hydrogens is 220 g/mol. The fourth-order valence-corrected chi connectivity index (χ4v) is 1.32. The highest BCUT2D eigenvalue weighted by atomic mass is 16.7. The summed E-state index contributed by atoms with van der Waals surface area (Å²) >= 11 is 0. The quantitative estimate of drug-likeness (QED) is 0.413. The maximum Gasteiger partial charge on any atom is 0.222 e. The Balaban J connectivity index is 2.72. The van der Waals surface area contributed by atoms with Crippen LogP contribution in [-0.4, -0.2) is 32.9 Å². The van der Waals surface area contributed by atoms with Gasteiger partial charge in [-0.05, 0) is 24.3 Å². The van der Waals surface area contributed by atoms with Crippen LogP contribution in [0.15, 0.2) is 36.9 Å². The lowest BCUT2D eigenvalue weighted by atomic mass is 10.1. The third-order valence-electron chi connectivity index (χ3n) is 2.15. The Labute approximate surface area is 101 Å². The second-order valence-electron chi connectivity index (χ2n) is 3.29. The lowest BCUT2D eigenvalue weighted by Crippen LogP contribution is -2.24. The SMILES string of the molecule is C=CCOc1ccc(C(=O)C(OC)OC)cc1. The molecule has 4 heteroatoms. The number of ketones is 1. The molecule has 0 saturated heterocycles. The van der Waals surface area contributed by atoms with Crippen LogP contribution >= 0.6 is 0 Å². The fraction of sp³-hybridized carbons (Fsp3) is 0.308. The molecular formula is C13H16O4. The normalized spacial score (nSPS) is 10.3. The molecule has 92 valence electrons. The first kappa shape index (κ1) is 13.4. The number of hydrogen-bond donors (Lipinski definition) is 0. The molecule has 1 aromatic carbocycles. The lowest BCUT2D eigenvalue weighted by Gasteiger charge is -2.12. The number of benzene rings is 1. The molecule has 0 N–H and O–H groups in total. The average Bonchev–Trinajstić information content (AvgIpc) is 2.38. The highest BCUT2D eigenvalue weighted by Crippen LogP contribution is 2.14. The van der Waals surface area contributed by atoms with Gasteiger partial charge in [-0.3, -0.25) is 4.79 Å². The number of carbonyl (C=O) groups is 1. The van der Waals surface area contributed by atoms with Crippen LogP contribution in [-0.2, 0) is 9.47 Å². The number of methoxy groups -OCH3 is 2. The zero-order valence-electron chi connectivity index (χ0n) is 10.0. The van der Waals surface area contributed by atoms with E-state index in [0.717, 1.165) is 0 Å². The first-order chi connectivity index (χ1) is 8.22.